The second kappa shape index (κ2) is 4.47. The van der Waals surface area contributed by atoms with Crippen LogP contribution in [0.4, 0.5) is 0 Å². The third kappa shape index (κ3) is 2.33. The molecule has 0 atom stereocenters. The molecule has 1 aromatic carbocycles. The molecule has 1 aliphatic carbocycles. The number of rotatable bonds is 0. The molecule has 2 heterocycles. The lowest BCUT2D eigenvalue weighted by Gasteiger charge is -2.27. The van der Waals surface area contributed by atoms with Crippen LogP contribution in [0, 0.1) is 5.41 Å². The normalized spacial score (nSPS) is 16.7. The van der Waals surface area contributed by atoms with E-state index >= 15 is 0 Å². The van der Waals surface area contributed by atoms with Crippen LogP contribution in [-0.4, -0.2) is 0 Å². The van der Waals surface area contributed by atoms with E-state index in [1.54, 1.807) is 24.3 Å². The van der Waals surface area contributed by atoms with Crippen LogP contribution in [0.3, 0.4) is 0 Å². The highest BCUT2D eigenvalue weighted by Crippen LogP contribution is 2.33. The SMILES string of the molecule is CC1(C)CCc2oc(=O)c3ccc(cc3)c(=O)oc2C1. The smallest absolute Gasteiger partial charge is 0.343 e. The molecule has 1 aliphatic rings. The third-order valence-corrected chi connectivity index (χ3v) is 3.77. The summed E-state index contributed by atoms with van der Waals surface area (Å²) in [6.07, 6.45) is 2.10. The predicted molar refractivity (Wildman–Crippen MR) is 75.6 cm³/mol. The standard InChI is InChI=1S/C16H16O4/c1-16(2)8-7-12-13(9-16)20-15(18)11-5-3-10(4-6-11)14(17)19-12/h3-6H,7-9H2,1-2H3. The molecule has 0 radical (unpaired) electrons. The summed E-state index contributed by atoms with van der Waals surface area (Å²) in [4.78, 5) is 24.1. The van der Waals surface area contributed by atoms with E-state index in [0.29, 0.717) is 35.1 Å². The molecular formula is C16H16O4. The van der Waals surface area contributed by atoms with Gasteiger partial charge >= 0.3 is 11.3 Å². The van der Waals surface area contributed by atoms with Crippen LogP contribution in [0.5, 0.6) is 0 Å². The average molecular weight is 272 g/mol. The molecular weight excluding hydrogens is 256 g/mol. The van der Waals surface area contributed by atoms with Gasteiger partial charge in [-0.1, -0.05) is 13.8 Å². The second-order valence-corrected chi connectivity index (χ2v) is 6.04. The molecule has 0 N–H and O–H groups in total. The summed E-state index contributed by atoms with van der Waals surface area (Å²) in [5, 5.41) is 0.888. The fourth-order valence-corrected chi connectivity index (χ4v) is 2.50. The summed E-state index contributed by atoms with van der Waals surface area (Å²) in [5.74, 6) is 0.979. The quantitative estimate of drug-likeness (QED) is 0.740. The van der Waals surface area contributed by atoms with E-state index in [9.17, 15) is 9.59 Å². The number of hydrogen-bond acceptors (Lipinski definition) is 4. The Kier molecular flexibility index (Phi) is 2.89. The van der Waals surface area contributed by atoms with Crippen LogP contribution in [0.15, 0.2) is 42.7 Å². The minimum Gasteiger partial charge on any atom is -0.424 e. The monoisotopic (exact) mass is 272 g/mol. The summed E-state index contributed by atoms with van der Waals surface area (Å²) in [6.45, 7) is 4.22. The van der Waals surface area contributed by atoms with Gasteiger partial charge in [-0.3, -0.25) is 0 Å². The average Bonchev–Trinajstić information content (AvgIpc) is 2.41. The molecule has 0 spiro atoms. The molecule has 0 saturated carbocycles. The highest BCUT2D eigenvalue weighted by Gasteiger charge is 2.28. The molecule has 0 fully saturated rings. The van der Waals surface area contributed by atoms with E-state index < -0.39 is 11.3 Å². The molecule has 2 aromatic heterocycles. The lowest BCUT2D eigenvalue weighted by Crippen LogP contribution is -2.23. The van der Waals surface area contributed by atoms with Crippen molar-refractivity contribution in [2.24, 2.45) is 5.41 Å². The van der Waals surface area contributed by atoms with Crippen LogP contribution < -0.4 is 11.3 Å². The van der Waals surface area contributed by atoms with Crippen molar-refractivity contribution < 1.29 is 8.83 Å². The van der Waals surface area contributed by atoms with Crippen LogP contribution in [0.1, 0.15) is 31.8 Å². The maximum absolute atomic E-state index is 12.1. The van der Waals surface area contributed by atoms with Gasteiger partial charge in [-0.15, -0.1) is 0 Å². The van der Waals surface area contributed by atoms with E-state index in [1.165, 1.54) is 0 Å². The van der Waals surface area contributed by atoms with Gasteiger partial charge in [-0.2, -0.15) is 0 Å². The molecule has 0 amide bonds. The van der Waals surface area contributed by atoms with Gasteiger partial charge in [0.2, 0.25) is 0 Å². The van der Waals surface area contributed by atoms with Gasteiger partial charge in [0, 0.05) is 12.8 Å². The Hall–Kier alpha value is -2.10. The zero-order valence-electron chi connectivity index (χ0n) is 11.6. The Bertz CT molecular complexity index is 789. The molecule has 0 unspecified atom stereocenters. The molecule has 3 aromatic rings. The molecule has 104 valence electrons. The molecule has 0 saturated heterocycles. The lowest BCUT2D eigenvalue weighted by molar-refractivity contribution is 0.244. The Morgan fingerprint density at radius 2 is 1.40 bits per heavy atom. The number of aryl methyl sites for hydroxylation is 1. The fourth-order valence-electron chi connectivity index (χ4n) is 2.50. The van der Waals surface area contributed by atoms with Gasteiger partial charge in [0.15, 0.2) is 0 Å². The van der Waals surface area contributed by atoms with Crippen molar-refractivity contribution in [1.82, 2.24) is 0 Å². The first-order chi connectivity index (χ1) is 9.44. The molecule has 4 heteroatoms. The van der Waals surface area contributed by atoms with Gasteiger partial charge < -0.3 is 8.83 Å². The Morgan fingerprint density at radius 1 is 0.900 bits per heavy atom. The second-order valence-electron chi connectivity index (χ2n) is 6.04. The summed E-state index contributed by atoms with van der Waals surface area (Å²) in [5.41, 5.74) is -0.764. The Labute approximate surface area is 115 Å². The highest BCUT2D eigenvalue weighted by atomic mass is 16.4. The first-order valence-electron chi connectivity index (χ1n) is 6.71. The van der Waals surface area contributed by atoms with Gasteiger partial charge in [0.05, 0.1) is 10.8 Å². The minimum absolute atomic E-state index is 0.0398. The van der Waals surface area contributed by atoms with Crippen molar-refractivity contribution in [2.45, 2.75) is 33.1 Å². The Morgan fingerprint density at radius 3 is 1.95 bits per heavy atom. The minimum atomic E-state index is -0.403. The van der Waals surface area contributed by atoms with E-state index in [4.69, 9.17) is 8.83 Å². The number of hydrogen-bond donors (Lipinski definition) is 0. The van der Waals surface area contributed by atoms with E-state index in [-0.39, 0.29) is 5.41 Å². The summed E-state index contributed by atoms with van der Waals surface area (Å²) < 4.78 is 10.9. The zero-order chi connectivity index (χ0) is 14.3. The summed E-state index contributed by atoms with van der Waals surface area (Å²) in [7, 11) is 0. The number of benzene rings is 1. The summed E-state index contributed by atoms with van der Waals surface area (Å²) in [6, 6.07) is 6.32. The molecule has 4 nitrogen and oxygen atoms in total. The maximum Gasteiger partial charge on any atom is 0.343 e. The van der Waals surface area contributed by atoms with Crippen LogP contribution in [-0.2, 0) is 12.8 Å². The van der Waals surface area contributed by atoms with E-state index in [1.807, 2.05) is 0 Å². The lowest BCUT2D eigenvalue weighted by atomic mass is 9.79. The van der Waals surface area contributed by atoms with E-state index in [2.05, 4.69) is 13.8 Å². The van der Waals surface area contributed by atoms with Crippen LogP contribution >= 0.6 is 0 Å². The third-order valence-electron chi connectivity index (χ3n) is 3.77. The van der Waals surface area contributed by atoms with Crippen LogP contribution in [0.2, 0.25) is 0 Å². The van der Waals surface area contributed by atoms with Gasteiger partial charge in [0.1, 0.15) is 11.5 Å². The van der Waals surface area contributed by atoms with E-state index in [0.717, 1.165) is 6.42 Å². The van der Waals surface area contributed by atoms with Gasteiger partial charge in [-0.05, 0) is 36.1 Å². The van der Waals surface area contributed by atoms with Crippen molar-refractivity contribution in [2.75, 3.05) is 0 Å². The molecule has 4 rings (SSSR count). The van der Waals surface area contributed by atoms with Crippen molar-refractivity contribution >= 4 is 10.8 Å². The molecule has 20 heavy (non-hydrogen) atoms. The largest absolute Gasteiger partial charge is 0.424 e. The molecule has 2 bridgehead atoms. The van der Waals surface area contributed by atoms with Crippen molar-refractivity contribution in [3.05, 3.63) is 56.6 Å². The Balaban J connectivity index is 2.40. The topological polar surface area (TPSA) is 60.4 Å². The first kappa shape index (κ1) is 12.9. The van der Waals surface area contributed by atoms with Gasteiger partial charge in [0.25, 0.3) is 0 Å². The first-order valence-corrected chi connectivity index (χ1v) is 6.71. The van der Waals surface area contributed by atoms with Crippen molar-refractivity contribution in [3.63, 3.8) is 0 Å². The zero-order valence-corrected chi connectivity index (χ0v) is 11.6. The predicted octanol–water partition coefficient (Wildman–Crippen LogP) is 2.82. The highest BCUT2D eigenvalue weighted by molar-refractivity contribution is 5.60. The summed E-state index contributed by atoms with van der Waals surface area (Å²) >= 11 is 0. The number of fused-ring (bicyclic) bond motifs is 4. The van der Waals surface area contributed by atoms with Crippen molar-refractivity contribution in [3.8, 4) is 0 Å². The van der Waals surface area contributed by atoms with Crippen molar-refractivity contribution in [1.29, 1.82) is 0 Å². The van der Waals surface area contributed by atoms with Gasteiger partial charge in [-0.25, -0.2) is 9.59 Å². The molecule has 0 aliphatic heterocycles. The van der Waals surface area contributed by atoms with Crippen LogP contribution in [0.25, 0.3) is 10.8 Å². The maximum atomic E-state index is 12.1. The fraction of sp³-hybridized carbons (Fsp3) is 0.375.